The molecule has 0 saturated heterocycles. The first-order chi connectivity index (χ1) is 13.0. The van der Waals surface area contributed by atoms with E-state index in [1.165, 1.54) is 18.2 Å². The summed E-state index contributed by atoms with van der Waals surface area (Å²) in [5.74, 6) is -1.85. The van der Waals surface area contributed by atoms with Gasteiger partial charge in [-0.15, -0.1) is 11.8 Å². The zero-order chi connectivity index (χ0) is 21.1. The second kappa shape index (κ2) is 8.48. The van der Waals surface area contributed by atoms with E-state index in [4.69, 9.17) is 17.3 Å². The number of carbonyl (C=O) groups excluding carboxylic acids is 2. The fraction of sp³-hybridized carbons (Fsp3) is 0.125. The summed E-state index contributed by atoms with van der Waals surface area (Å²) >= 11 is 6.29. The summed E-state index contributed by atoms with van der Waals surface area (Å²) in [7, 11) is 0. The summed E-state index contributed by atoms with van der Waals surface area (Å²) in [6.45, 7) is 0. The Morgan fingerprint density at radius 2 is 1.89 bits per heavy atom. The number of hydrogen-bond donors (Lipinski definition) is 2. The van der Waals surface area contributed by atoms with Crippen molar-refractivity contribution in [1.29, 1.82) is 0 Å². The van der Waals surface area contributed by atoms with Crippen molar-refractivity contribution in [2.75, 3.05) is 11.1 Å². The van der Waals surface area contributed by atoms with Crippen molar-refractivity contribution < 1.29 is 27.7 Å². The topological polar surface area (TPSA) is 115 Å². The van der Waals surface area contributed by atoms with Crippen molar-refractivity contribution >= 4 is 46.6 Å². The number of amides is 2. The maximum atomic E-state index is 12.8. The molecular formula is C16H11ClF3N3O4S. The average Bonchev–Trinajstić information content (AvgIpc) is 2.60. The van der Waals surface area contributed by atoms with E-state index in [9.17, 15) is 32.9 Å². The average molecular weight is 434 g/mol. The fourth-order valence-electron chi connectivity index (χ4n) is 2.10. The molecular weight excluding hydrogens is 423 g/mol. The Morgan fingerprint density at radius 1 is 1.21 bits per heavy atom. The first-order valence-corrected chi connectivity index (χ1v) is 8.73. The van der Waals surface area contributed by atoms with Crippen molar-refractivity contribution in [3.8, 4) is 0 Å². The molecule has 2 aromatic carbocycles. The highest BCUT2D eigenvalue weighted by atomic mass is 35.5. The number of carbonyl (C=O) groups is 2. The van der Waals surface area contributed by atoms with E-state index in [2.05, 4.69) is 5.32 Å². The van der Waals surface area contributed by atoms with Crippen LogP contribution < -0.4 is 11.1 Å². The number of nitrogens with one attached hydrogen (secondary N) is 1. The molecule has 28 heavy (non-hydrogen) atoms. The molecule has 0 aromatic heterocycles. The lowest BCUT2D eigenvalue weighted by atomic mass is 10.2. The summed E-state index contributed by atoms with van der Waals surface area (Å²) in [4.78, 5) is 33.6. The minimum Gasteiger partial charge on any atom is -0.366 e. The lowest BCUT2D eigenvalue weighted by Gasteiger charge is -2.11. The van der Waals surface area contributed by atoms with E-state index in [-0.39, 0.29) is 21.9 Å². The van der Waals surface area contributed by atoms with E-state index in [0.29, 0.717) is 6.07 Å². The molecule has 0 aliphatic carbocycles. The molecule has 0 radical (unpaired) electrons. The van der Waals surface area contributed by atoms with Crippen LogP contribution in [0.3, 0.4) is 0 Å². The highest BCUT2D eigenvalue weighted by molar-refractivity contribution is 8.00. The molecule has 0 atom stereocenters. The number of hydrogen-bond acceptors (Lipinski definition) is 5. The van der Waals surface area contributed by atoms with Gasteiger partial charge >= 0.3 is 6.18 Å². The van der Waals surface area contributed by atoms with Gasteiger partial charge in [-0.05, 0) is 30.3 Å². The molecule has 0 aliphatic rings. The summed E-state index contributed by atoms with van der Waals surface area (Å²) < 4.78 is 38.5. The molecule has 12 heteroatoms. The Labute approximate surface area is 165 Å². The minimum atomic E-state index is -4.69. The number of rotatable bonds is 6. The normalized spacial score (nSPS) is 11.1. The highest BCUT2D eigenvalue weighted by Crippen LogP contribution is 2.36. The van der Waals surface area contributed by atoms with E-state index >= 15 is 0 Å². The van der Waals surface area contributed by atoms with Crippen LogP contribution in [0.15, 0.2) is 41.3 Å². The number of nitro groups is 1. The van der Waals surface area contributed by atoms with Gasteiger partial charge in [0.05, 0.1) is 26.2 Å². The summed E-state index contributed by atoms with van der Waals surface area (Å²) in [6.07, 6.45) is -4.69. The molecule has 3 N–H and O–H groups in total. The summed E-state index contributed by atoms with van der Waals surface area (Å²) in [5, 5.41) is 12.9. The van der Waals surface area contributed by atoms with Crippen LogP contribution in [0, 0.1) is 10.1 Å². The van der Waals surface area contributed by atoms with Crippen molar-refractivity contribution in [1.82, 2.24) is 0 Å². The Balaban J connectivity index is 2.11. The van der Waals surface area contributed by atoms with Crippen molar-refractivity contribution in [2.24, 2.45) is 5.73 Å². The van der Waals surface area contributed by atoms with E-state index in [1.54, 1.807) is 0 Å². The molecule has 0 heterocycles. The van der Waals surface area contributed by atoms with Gasteiger partial charge in [-0.25, -0.2) is 0 Å². The van der Waals surface area contributed by atoms with Crippen LogP contribution in [0.2, 0.25) is 5.02 Å². The molecule has 0 aliphatic heterocycles. The van der Waals surface area contributed by atoms with E-state index < -0.39 is 39.2 Å². The zero-order valence-electron chi connectivity index (χ0n) is 13.7. The van der Waals surface area contributed by atoms with Gasteiger partial charge in [0.25, 0.3) is 5.69 Å². The number of benzene rings is 2. The third-order valence-corrected chi connectivity index (χ3v) is 4.75. The Morgan fingerprint density at radius 3 is 2.46 bits per heavy atom. The number of nitrogens with zero attached hydrogens (tertiary/aromatic N) is 1. The molecule has 7 nitrogen and oxygen atoms in total. The molecule has 148 valence electrons. The SMILES string of the molecule is NC(=O)c1ccc(SCC(=O)Nc2ccc(Cl)c(C(F)(F)F)c2)c([N+](=O)[O-])c1. The molecule has 0 fully saturated rings. The molecule has 0 spiro atoms. The Hall–Kier alpha value is -2.79. The van der Waals surface area contributed by atoms with Gasteiger partial charge in [-0.2, -0.15) is 13.2 Å². The number of primary amides is 1. The molecule has 0 saturated carbocycles. The third kappa shape index (κ3) is 5.36. The molecule has 0 bridgehead atoms. The largest absolute Gasteiger partial charge is 0.417 e. The van der Waals surface area contributed by atoms with Crippen molar-refractivity contribution in [3.63, 3.8) is 0 Å². The standard InChI is InChI=1S/C16H11ClF3N3O4S/c17-11-3-2-9(6-10(11)16(18,19)20)22-14(24)7-28-13-4-1-8(15(21)25)5-12(13)23(26)27/h1-6H,7H2,(H2,21,25)(H,22,24). The molecule has 0 unspecified atom stereocenters. The number of nitro benzene ring substituents is 1. The Kier molecular flexibility index (Phi) is 6.52. The van der Waals surface area contributed by atoms with Gasteiger partial charge in [-0.3, -0.25) is 19.7 Å². The van der Waals surface area contributed by atoms with Crippen molar-refractivity contribution in [3.05, 3.63) is 62.7 Å². The van der Waals surface area contributed by atoms with Crippen LogP contribution in [0.1, 0.15) is 15.9 Å². The van der Waals surface area contributed by atoms with Crippen LogP contribution >= 0.6 is 23.4 Å². The fourth-order valence-corrected chi connectivity index (χ4v) is 3.13. The molecule has 2 rings (SSSR count). The molecule has 2 aromatic rings. The quantitative estimate of drug-likeness (QED) is 0.404. The number of anilines is 1. The number of halogens is 4. The van der Waals surface area contributed by atoms with Gasteiger partial charge in [0.15, 0.2) is 0 Å². The van der Waals surface area contributed by atoms with Gasteiger partial charge in [-0.1, -0.05) is 11.6 Å². The molecule has 2 amide bonds. The van der Waals surface area contributed by atoms with Crippen LogP contribution in [0.5, 0.6) is 0 Å². The number of thioether (sulfide) groups is 1. The maximum Gasteiger partial charge on any atom is 0.417 e. The number of nitrogens with two attached hydrogens (primary N) is 1. The van der Waals surface area contributed by atoms with Crippen molar-refractivity contribution in [2.45, 2.75) is 11.1 Å². The van der Waals surface area contributed by atoms with Gasteiger partial charge < -0.3 is 11.1 Å². The van der Waals surface area contributed by atoms with Crippen LogP contribution in [0.25, 0.3) is 0 Å². The first kappa shape index (κ1) is 21.5. The second-order valence-corrected chi connectivity index (χ2v) is 6.76. The highest BCUT2D eigenvalue weighted by Gasteiger charge is 2.33. The summed E-state index contributed by atoms with van der Waals surface area (Å²) in [6, 6.07) is 6.40. The lowest BCUT2D eigenvalue weighted by molar-refractivity contribution is -0.387. The van der Waals surface area contributed by atoms with Gasteiger partial charge in [0.1, 0.15) is 0 Å². The first-order valence-electron chi connectivity index (χ1n) is 7.36. The smallest absolute Gasteiger partial charge is 0.366 e. The van der Waals surface area contributed by atoms with E-state index in [1.807, 2.05) is 0 Å². The predicted molar refractivity (Wildman–Crippen MR) is 97.4 cm³/mol. The van der Waals surface area contributed by atoms with Crippen LogP contribution in [-0.2, 0) is 11.0 Å². The maximum absolute atomic E-state index is 12.8. The predicted octanol–water partition coefficient (Wildman–Crippen LogP) is 4.10. The number of alkyl halides is 3. The second-order valence-electron chi connectivity index (χ2n) is 5.33. The zero-order valence-corrected chi connectivity index (χ0v) is 15.3. The summed E-state index contributed by atoms with van der Waals surface area (Å²) in [5.41, 5.74) is 3.36. The van der Waals surface area contributed by atoms with Crippen LogP contribution in [0.4, 0.5) is 24.5 Å². The monoisotopic (exact) mass is 433 g/mol. The van der Waals surface area contributed by atoms with E-state index in [0.717, 1.165) is 23.9 Å². The third-order valence-electron chi connectivity index (χ3n) is 3.35. The van der Waals surface area contributed by atoms with Crippen LogP contribution in [-0.4, -0.2) is 22.5 Å². The van der Waals surface area contributed by atoms with Gasteiger partial charge in [0, 0.05) is 17.3 Å². The lowest BCUT2D eigenvalue weighted by Crippen LogP contribution is -2.15. The minimum absolute atomic E-state index is 0.0682. The van der Waals surface area contributed by atoms with Gasteiger partial charge in [0.2, 0.25) is 11.8 Å². The Bertz CT molecular complexity index is 953.